The van der Waals surface area contributed by atoms with Crippen molar-refractivity contribution in [1.29, 1.82) is 0 Å². The Morgan fingerprint density at radius 3 is 2.41 bits per heavy atom. The molecule has 2 aliphatic rings. The SMILES string of the molecule is Cc1cccc(N2CCN(C(=O)c3cnn(-c4ccccc4Cl)c3C3CCNCC3)CC2)c1C. The molecule has 5 rings (SSSR count). The van der Waals surface area contributed by atoms with Gasteiger partial charge >= 0.3 is 0 Å². The normalized spacial score (nSPS) is 17.3. The van der Waals surface area contributed by atoms with Gasteiger partial charge in [0.15, 0.2) is 0 Å². The van der Waals surface area contributed by atoms with E-state index < -0.39 is 0 Å². The van der Waals surface area contributed by atoms with Gasteiger partial charge in [0.1, 0.15) is 0 Å². The first-order chi connectivity index (χ1) is 16.5. The fourth-order valence-electron chi connectivity index (χ4n) is 5.23. The second kappa shape index (κ2) is 9.80. The van der Waals surface area contributed by atoms with Crippen LogP contribution < -0.4 is 10.2 Å². The second-order valence-corrected chi connectivity index (χ2v) is 9.74. The third-order valence-corrected chi connectivity index (χ3v) is 7.65. The molecule has 1 amide bonds. The molecule has 178 valence electrons. The maximum Gasteiger partial charge on any atom is 0.257 e. The Balaban J connectivity index is 1.41. The number of carbonyl (C=O) groups is 1. The van der Waals surface area contributed by atoms with Crippen LogP contribution in [0.1, 0.15) is 45.9 Å². The molecule has 0 unspecified atom stereocenters. The molecule has 7 heteroatoms. The van der Waals surface area contributed by atoms with E-state index in [-0.39, 0.29) is 11.8 Å². The zero-order chi connectivity index (χ0) is 23.7. The average Bonchev–Trinajstić information content (AvgIpc) is 3.31. The van der Waals surface area contributed by atoms with Crippen LogP contribution in [0.4, 0.5) is 5.69 Å². The predicted molar refractivity (Wildman–Crippen MR) is 137 cm³/mol. The minimum Gasteiger partial charge on any atom is -0.368 e. The summed E-state index contributed by atoms with van der Waals surface area (Å²) in [5.41, 5.74) is 6.43. The van der Waals surface area contributed by atoms with E-state index in [1.807, 2.05) is 33.8 Å². The fraction of sp³-hybridized carbons (Fsp3) is 0.407. The largest absolute Gasteiger partial charge is 0.368 e. The monoisotopic (exact) mass is 477 g/mol. The third-order valence-electron chi connectivity index (χ3n) is 7.33. The molecule has 2 saturated heterocycles. The molecule has 0 bridgehead atoms. The summed E-state index contributed by atoms with van der Waals surface area (Å²) in [7, 11) is 0. The maximum absolute atomic E-state index is 13.8. The highest BCUT2D eigenvalue weighted by molar-refractivity contribution is 6.32. The lowest BCUT2D eigenvalue weighted by Gasteiger charge is -2.37. The number of anilines is 1. The van der Waals surface area contributed by atoms with Gasteiger partial charge in [-0.3, -0.25) is 4.79 Å². The summed E-state index contributed by atoms with van der Waals surface area (Å²) in [6.45, 7) is 9.29. The summed E-state index contributed by atoms with van der Waals surface area (Å²) in [4.78, 5) is 18.1. The van der Waals surface area contributed by atoms with Gasteiger partial charge in [0.2, 0.25) is 0 Å². The highest BCUT2D eigenvalue weighted by Gasteiger charge is 2.31. The molecular formula is C27H32ClN5O. The molecule has 0 spiro atoms. The van der Waals surface area contributed by atoms with Crippen LogP contribution in [-0.4, -0.2) is 59.9 Å². The van der Waals surface area contributed by atoms with Crippen LogP contribution in [0.5, 0.6) is 0 Å². The molecule has 3 aromatic rings. The number of nitrogens with one attached hydrogen (secondary N) is 1. The van der Waals surface area contributed by atoms with Gasteiger partial charge in [-0.15, -0.1) is 0 Å². The molecule has 34 heavy (non-hydrogen) atoms. The number of piperidine rings is 1. The van der Waals surface area contributed by atoms with Crippen molar-refractivity contribution in [3.8, 4) is 5.69 Å². The number of halogens is 1. The Morgan fingerprint density at radius 1 is 0.971 bits per heavy atom. The number of hydrogen-bond acceptors (Lipinski definition) is 4. The summed E-state index contributed by atoms with van der Waals surface area (Å²) < 4.78 is 1.90. The third kappa shape index (κ3) is 4.32. The van der Waals surface area contributed by atoms with Crippen molar-refractivity contribution in [2.45, 2.75) is 32.6 Å². The van der Waals surface area contributed by atoms with E-state index in [0.29, 0.717) is 23.7 Å². The first-order valence-electron chi connectivity index (χ1n) is 12.2. The molecular weight excluding hydrogens is 446 g/mol. The van der Waals surface area contributed by atoms with Crippen molar-refractivity contribution < 1.29 is 4.79 Å². The molecule has 6 nitrogen and oxygen atoms in total. The van der Waals surface area contributed by atoms with Crippen molar-refractivity contribution in [2.75, 3.05) is 44.2 Å². The van der Waals surface area contributed by atoms with Gasteiger partial charge in [-0.05, 0) is 69.1 Å². The van der Waals surface area contributed by atoms with Crippen LogP contribution in [0.15, 0.2) is 48.7 Å². The molecule has 0 atom stereocenters. The number of amides is 1. The lowest BCUT2D eigenvalue weighted by atomic mass is 9.91. The highest BCUT2D eigenvalue weighted by Crippen LogP contribution is 2.33. The number of nitrogens with zero attached hydrogens (tertiary/aromatic N) is 4. The van der Waals surface area contributed by atoms with Gasteiger partial charge in [0.05, 0.1) is 28.2 Å². The van der Waals surface area contributed by atoms with Gasteiger partial charge in [0, 0.05) is 37.8 Å². The van der Waals surface area contributed by atoms with E-state index in [2.05, 4.69) is 47.4 Å². The predicted octanol–water partition coefficient (Wildman–Crippen LogP) is 4.57. The molecule has 1 N–H and O–H groups in total. The summed E-state index contributed by atoms with van der Waals surface area (Å²) in [6.07, 6.45) is 3.72. The van der Waals surface area contributed by atoms with Gasteiger partial charge in [0.25, 0.3) is 5.91 Å². The number of carbonyl (C=O) groups excluding carboxylic acids is 1. The Morgan fingerprint density at radius 2 is 1.68 bits per heavy atom. The smallest absolute Gasteiger partial charge is 0.257 e. The first-order valence-corrected chi connectivity index (χ1v) is 12.6. The van der Waals surface area contributed by atoms with Crippen LogP contribution in [-0.2, 0) is 0 Å². The van der Waals surface area contributed by atoms with E-state index in [0.717, 1.165) is 50.4 Å². The van der Waals surface area contributed by atoms with E-state index in [4.69, 9.17) is 11.6 Å². The Hall–Kier alpha value is -2.83. The minimum absolute atomic E-state index is 0.0763. The van der Waals surface area contributed by atoms with E-state index in [1.165, 1.54) is 16.8 Å². The van der Waals surface area contributed by atoms with Crippen LogP contribution in [0, 0.1) is 13.8 Å². The molecule has 1 aromatic heterocycles. The van der Waals surface area contributed by atoms with E-state index in [9.17, 15) is 4.79 Å². The van der Waals surface area contributed by atoms with Crippen molar-refractivity contribution >= 4 is 23.2 Å². The molecule has 2 fully saturated rings. The number of benzene rings is 2. The first kappa shape index (κ1) is 22.9. The van der Waals surface area contributed by atoms with Gasteiger partial charge in [-0.1, -0.05) is 35.9 Å². The summed E-state index contributed by atoms with van der Waals surface area (Å²) in [5, 5.41) is 8.75. The van der Waals surface area contributed by atoms with Gasteiger partial charge < -0.3 is 15.1 Å². The summed E-state index contributed by atoms with van der Waals surface area (Å²) >= 11 is 6.53. The topological polar surface area (TPSA) is 53.4 Å². The van der Waals surface area contributed by atoms with Gasteiger partial charge in [-0.2, -0.15) is 5.10 Å². The number of aromatic nitrogens is 2. The number of hydrogen-bond donors (Lipinski definition) is 1. The summed E-state index contributed by atoms with van der Waals surface area (Å²) in [5.74, 6) is 0.350. The molecule has 3 heterocycles. The zero-order valence-corrected chi connectivity index (χ0v) is 20.7. The standard InChI is InChI=1S/C27H32ClN5O/c1-19-6-5-9-24(20(19)2)31-14-16-32(17-15-31)27(34)22-18-30-33(25-8-4-3-7-23(25)28)26(22)21-10-12-29-13-11-21/h3-9,18,21,29H,10-17H2,1-2H3. The molecule has 2 aliphatic heterocycles. The fourth-order valence-corrected chi connectivity index (χ4v) is 5.44. The number of para-hydroxylation sites is 1. The lowest BCUT2D eigenvalue weighted by Crippen LogP contribution is -2.49. The van der Waals surface area contributed by atoms with Crippen LogP contribution >= 0.6 is 11.6 Å². The van der Waals surface area contributed by atoms with Crippen LogP contribution in [0.3, 0.4) is 0 Å². The van der Waals surface area contributed by atoms with E-state index >= 15 is 0 Å². The summed E-state index contributed by atoms with van der Waals surface area (Å²) in [6, 6.07) is 14.2. The number of aryl methyl sites for hydroxylation is 1. The molecule has 2 aromatic carbocycles. The molecule has 0 radical (unpaired) electrons. The van der Waals surface area contributed by atoms with Crippen molar-refractivity contribution in [1.82, 2.24) is 20.0 Å². The van der Waals surface area contributed by atoms with Gasteiger partial charge in [-0.25, -0.2) is 4.68 Å². The number of piperazine rings is 1. The zero-order valence-electron chi connectivity index (χ0n) is 19.9. The average molecular weight is 478 g/mol. The highest BCUT2D eigenvalue weighted by atomic mass is 35.5. The Bertz CT molecular complexity index is 1180. The molecule has 0 saturated carbocycles. The van der Waals surface area contributed by atoms with E-state index in [1.54, 1.807) is 6.20 Å². The second-order valence-electron chi connectivity index (χ2n) is 9.33. The van der Waals surface area contributed by atoms with Crippen molar-refractivity contribution in [2.24, 2.45) is 0 Å². The maximum atomic E-state index is 13.8. The minimum atomic E-state index is 0.0763. The van der Waals surface area contributed by atoms with Crippen LogP contribution in [0.2, 0.25) is 5.02 Å². The van der Waals surface area contributed by atoms with Crippen molar-refractivity contribution in [3.63, 3.8) is 0 Å². The number of rotatable bonds is 4. The quantitative estimate of drug-likeness (QED) is 0.598. The van der Waals surface area contributed by atoms with Crippen LogP contribution in [0.25, 0.3) is 5.69 Å². The Labute approximate surface area is 206 Å². The van der Waals surface area contributed by atoms with Crippen molar-refractivity contribution in [3.05, 3.63) is 76.1 Å². The Kier molecular flexibility index (Phi) is 6.61. The molecule has 0 aliphatic carbocycles. The lowest BCUT2D eigenvalue weighted by molar-refractivity contribution is 0.0744.